The summed E-state index contributed by atoms with van der Waals surface area (Å²) >= 11 is 3.51. The van der Waals surface area contributed by atoms with Crippen LogP contribution in [0.5, 0.6) is 0 Å². The van der Waals surface area contributed by atoms with Crippen molar-refractivity contribution in [1.29, 1.82) is 0 Å². The van der Waals surface area contributed by atoms with Gasteiger partial charge in [0, 0.05) is 28.8 Å². The van der Waals surface area contributed by atoms with Crippen LogP contribution < -0.4 is 5.32 Å². The number of carbonyl (C=O) groups is 1. The van der Waals surface area contributed by atoms with Crippen LogP contribution in [-0.4, -0.2) is 40.9 Å². The van der Waals surface area contributed by atoms with Gasteiger partial charge in [0.1, 0.15) is 12.1 Å². The van der Waals surface area contributed by atoms with Gasteiger partial charge in [-0.1, -0.05) is 28.1 Å². The van der Waals surface area contributed by atoms with Gasteiger partial charge in [0.15, 0.2) is 5.69 Å². The number of carbonyl (C=O) groups excluding carboxylic acids is 1. The fourth-order valence-electron chi connectivity index (χ4n) is 3.69. The van der Waals surface area contributed by atoms with Crippen molar-refractivity contribution in [3.05, 3.63) is 81.6 Å². The number of nitrogens with one attached hydrogen (secondary N) is 1. The number of ether oxygens (including phenoxy) is 1. The van der Waals surface area contributed by atoms with Gasteiger partial charge in [0.25, 0.3) is 5.91 Å². The summed E-state index contributed by atoms with van der Waals surface area (Å²) in [5.74, 6) is -0.638. The van der Waals surface area contributed by atoms with E-state index >= 15 is 0 Å². The van der Waals surface area contributed by atoms with Gasteiger partial charge in [-0.15, -0.1) is 0 Å². The Morgan fingerprint density at radius 2 is 2.06 bits per heavy atom. The van der Waals surface area contributed by atoms with E-state index in [-0.39, 0.29) is 11.7 Å². The summed E-state index contributed by atoms with van der Waals surface area (Å²) in [4.78, 5) is 22.0. The molecule has 1 amide bonds. The summed E-state index contributed by atoms with van der Waals surface area (Å²) in [7, 11) is 0. The SMILES string of the molecule is CCOCCNC(=O)c1ncn2c1[C@@H](C)N=C(c1ccccc1F)c1cc(Br)ccc1-2. The molecule has 0 saturated carbocycles. The van der Waals surface area contributed by atoms with E-state index in [9.17, 15) is 9.18 Å². The lowest BCUT2D eigenvalue weighted by Crippen LogP contribution is -2.28. The van der Waals surface area contributed by atoms with E-state index in [4.69, 9.17) is 9.73 Å². The summed E-state index contributed by atoms with van der Waals surface area (Å²) in [5.41, 5.74) is 3.44. The molecule has 160 valence electrons. The van der Waals surface area contributed by atoms with E-state index in [2.05, 4.69) is 26.2 Å². The number of amides is 1. The molecule has 0 radical (unpaired) electrons. The number of imidazole rings is 1. The van der Waals surface area contributed by atoms with Crippen LogP contribution in [0.3, 0.4) is 0 Å². The van der Waals surface area contributed by atoms with E-state index in [0.29, 0.717) is 42.4 Å². The van der Waals surface area contributed by atoms with Crippen molar-refractivity contribution in [2.45, 2.75) is 19.9 Å². The molecule has 2 heterocycles. The third-order valence-electron chi connectivity index (χ3n) is 5.08. The first kappa shape index (κ1) is 21.4. The Morgan fingerprint density at radius 1 is 1.26 bits per heavy atom. The minimum atomic E-state index is -0.420. The third-order valence-corrected chi connectivity index (χ3v) is 5.57. The van der Waals surface area contributed by atoms with Gasteiger partial charge in [-0.25, -0.2) is 9.37 Å². The lowest BCUT2D eigenvalue weighted by atomic mass is 10.00. The number of aromatic nitrogens is 2. The Morgan fingerprint density at radius 3 is 2.84 bits per heavy atom. The van der Waals surface area contributed by atoms with Gasteiger partial charge in [0.05, 0.1) is 29.7 Å². The molecule has 3 aromatic rings. The molecule has 1 aliphatic heterocycles. The summed E-state index contributed by atoms with van der Waals surface area (Å²) in [6.45, 7) is 5.19. The predicted molar refractivity (Wildman–Crippen MR) is 121 cm³/mol. The first-order chi connectivity index (χ1) is 15.0. The smallest absolute Gasteiger partial charge is 0.271 e. The standard InChI is InChI=1S/C23H22BrFN4O2/c1-3-31-11-10-26-23(30)21-22-14(2)28-20(16-6-4-5-7-18(16)25)17-12-15(24)8-9-19(17)29(22)13-27-21/h4-9,12-14H,3,10-11H2,1-2H3,(H,26,30)/t14-/m1/s1. The molecular weight excluding hydrogens is 463 g/mol. The summed E-state index contributed by atoms with van der Waals surface area (Å²) in [5, 5.41) is 2.84. The first-order valence-corrected chi connectivity index (χ1v) is 10.9. The minimum Gasteiger partial charge on any atom is -0.380 e. The molecule has 0 unspecified atom stereocenters. The zero-order chi connectivity index (χ0) is 22.0. The lowest BCUT2D eigenvalue weighted by molar-refractivity contribution is 0.0916. The largest absolute Gasteiger partial charge is 0.380 e. The molecule has 6 nitrogen and oxygen atoms in total. The second kappa shape index (κ2) is 9.11. The van der Waals surface area contributed by atoms with Crippen LogP contribution in [0.4, 0.5) is 4.39 Å². The molecule has 2 aromatic carbocycles. The van der Waals surface area contributed by atoms with Crippen LogP contribution in [0.15, 0.2) is 58.3 Å². The molecule has 1 aromatic heterocycles. The Bertz CT molecular complexity index is 1160. The van der Waals surface area contributed by atoms with Crippen LogP contribution in [-0.2, 0) is 4.74 Å². The average Bonchev–Trinajstić information content (AvgIpc) is 3.16. The molecule has 1 atom stereocenters. The van der Waals surface area contributed by atoms with E-state index in [1.807, 2.05) is 36.6 Å². The van der Waals surface area contributed by atoms with E-state index in [1.54, 1.807) is 24.5 Å². The van der Waals surface area contributed by atoms with Crippen LogP contribution >= 0.6 is 15.9 Å². The van der Waals surface area contributed by atoms with Gasteiger partial charge < -0.3 is 10.1 Å². The van der Waals surface area contributed by atoms with Gasteiger partial charge in [-0.05, 0) is 44.2 Å². The molecule has 0 bridgehead atoms. The molecule has 4 rings (SSSR count). The number of nitrogens with zero attached hydrogens (tertiary/aromatic N) is 3. The number of hydrogen-bond acceptors (Lipinski definition) is 4. The molecule has 1 aliphatic rings. The zero-order valence-electron chi connectivity index (χ0n) is 17.2. The molecule has 0 saturated heterocycles. The number of halogens is 2. The number of fused-ring (bicyclic) bond motifs is 3. The minimum absolute atomic E-state index is 0.288. The second-order valence-electron chi connectivity index (χ2n) is 7.10. The van der Waals surface area contributed by atoms with Crippen LogP contribution in [0.1, 0.15) is 47.2 Å². The highest BCUT2D eigenvalue weighted by molar-refractivity contribution is 9.10. The van der Waals surface area contributed by atoms with Crippen LogP contribution in [0.2, 0.25) is 0 Å². The molecule has 0 spiro atoms. The van der Waals surface area contributed by atoms with Crippen LogP contribution in [0, 0.1) is 5.82 Å². The highest BCUT2D eigenvalue weighted by Crippen LogP contribution is 2.34. The van der Waals surface area contributed by atoms with E-state index < -0.39 is 6.04 Å². The number of benzene rings is 2. The topological polar surface area (TPSA) is 68.5 Å². The average molecular weight is 485 g/mol. The monoisotopic (exact) mass is 484 g/mol. The Hall–Kier alpha value is -2.84. The van der Waals surface area contributed by atoms with Gasteiger partial charge in [-0.3, -0.25) is 14.4 Å². The number of rotatable bonds is 6. The van der Waals surface area contributed by atoms with Crippen molar-refractivity contribution >= 4 is 27.5 Å². The number of hydrogen-bond donors (Lipinski definition) is 1. The fraction of sp³-hybridized carbons (Fsp3) is 0.261. The maximum absolute atomic E-state index is 14.7. The quantitative estimate of drug-likeness (QED) is 0.525. The second-order valence-corrected chi connectivity index (χ2v) is 8.01. The Labute approximate surface area is 188 Å². The van der Waals surface area contributed by atoms with Crippen molar-refractivity contribution in [3.63, 3.8) is 0 Å². The van der Waals surface area contributed by atoms with Crippen molar-refractivity contribution in [3.8, 4) is 5.69 Å². The number of aliphatic imine (C=N–C) groups is 1. The van der Waals surface area contributed by atoms with Gasteiger partial charge in [0.2, 0.25) is 0 Å². The van der Waals surface area contributed by atoms with Gasteiger partial charge in [-0.2, -0.15) is 0 Å². The van der Waals surface area contributed by atoms with Gasteiger partial charge >= 0.3 is 0 Å². The van der Waals surface area contributed by atoms with E-state index in [1.165, 1.54) is 6.07 Å². The lowest BCUT2D eigenvalue weighted by Gasteiger charge is -2.13. The molecular formula is C23H22BrFN4O2. The van der Waals surface area contributed by atoms with Crippen molar-refractivity contribution in [1.82, 2.24) is 14.9 Å². The summed E-state index contributed by atoms with van der Waals surface area (Å²) < 4.78 is 22.7. The highest BCUT2D eigenvalue weighted by atomic mass is 79.9. The van der Waals surface area contributed by atoms with Crippen LogP contribution in [0.25, 0.3) is 5.69 Å². The molecule has 8 heteroatoms. The molecule has 31 heavy (non-hydrogen) atoms. The predicted octanol–water partition coefficient (Wildman–Crippen LogP) is 4.45. The van der Waals surface area contributed by atoms with Crippen molar-refractivity contribution in [2.75, 3.05) is 19.8 Å². The highest BCUT2D eigenvalue weighted by Gasteiger charge is 2.29. The fourth-order valence-corrected chi connectivity index (χ4v) is 4.05. The van der Waals surface area contributed by atoms with E-state index in [0.717, 1.165) is 15.7 Å². The summed E-state index contributed by atoms with van der Waals surface area (Å²) in [6.07, 6.45) is 1.62. The maximum Gasteiger partial charge on any atom is 0.271 e. The Balaban J connectivity index is 1.82. The zero-order valence-corrected chi connectivity index (χ0v) is 18.8. The first-order valence-electron chi connectivity index (χ1n) is 10.1. The third kappa shape index (κ3) is 4.18. The van der Waals surface area contributed by atoms with Crippen molar-refractivity contribution in [2.24, 2.45) is 4.99 Å². The normalized spacial score (nSPS) is 15.0. The Kier molecular flexibility index (Phi) is 6.29. The van der Waals surface area contributed by atoms with Crippen molar-refractivity contribution < 1.29 is 13.9 Å². The molecule has 0 fully saturated rings. The molecule has 1 N–H and O–H groups in total. The molecule has 0 aliphatic carbocycles. The maximum atomic E-state index is 14.7. The summed E-state index contributed by atoms with van der Waals surface area (Å²) in [6, 6.07) is 11.9.